The van der Waals surface area contributed by atoms with E-state index in [1.54, 1.807) is 0 Å². The van der Waals surface area contributed by atoms with Crippen LogP contribution in [-0.2, 0) is 5.33 Å². The summed E-state index contributed by atoms with van der Waals surface area (Å²) in [5, 5.41) is 0.643. The molecule has 0 bridgehead atoms. The van der Waals surface area contributed by atoms with Crippen LogP contribution in [0.1, 0.15) is 32.3 Å². The van der Waals surface area contributed by atoms with E-state index < -0.39 is 0 Å². The molecule has 0 saturated heterocycles. The number of hydrogen-bond acceptors (Lipinski definition) is 1. The lowest BCUT2D eigenvalue weighted by atomic mass is 10.2. The van der Waals surface area contributed by atoms with Crippen molar-refractivity contribution >= 4 is 15.9 Å². The van der Waals surface area contributed by atoms with Crippen LogP contribution in [0.5, 0.6) is 5.75 Å². The molecule has 0 aliphatic carbocycles. The Hall–Kier alpha value is -0.570. The van der Waals surface area contributed by atoms with Crippen LogP contribution in [0.4, 0.5) is 4.39 Å². The summed E-state index contributed by atoms with van der Waals surface area (Å²) < 4.78 is 18.8. The summed E-state index contributed by atoms with van der Waals surface area (Å²) in [4.78, 5) is 0. The predicted molar refractivity (Wildman–Crippen MR) is 64.0 cm³/mol. The smallest absolute Gasteiger partial charge is 0.127 e. The molecular weight excluding hydrogens is 259 g/mol. The lowest BCUT2D eigenvalue weighted by molar-refractivity contribution is 0.192. The molecule has 3 heteroatoms. The van der Waals surface area contributed by atoms with Crippen LogP contribution in [0, 0.1) is 5.82 Å². The number of benzene rings is 1. The van der Waals surface area contributed by atoms with E-state index in [-0.39, 0.29) is 11.9 Å². The molecule has 1 aromatic rings. The van der Waals surface area contributed by atoms with Gasteiger partial charge in [0, 0.05) is 11.4 Å². The molecule has 0 aromatic heterocycles. The van der Waals surface area contributed by atoms with Crippen molar-refractivity contribution < 1.29 is 9.13 Å². The molecule has 0 radical (unpaired) electrons. The van der Waals surface area contributed by atoms with Gasteiger partial charge in [-0.3, -0.25) is 0 Å². The Morgan fingerprint density at radius 2 is 1.93 bits per heavy atom. The van der Waals surface area contributed by atoms with Crippen LogP contribution in [0.15, 0.2) is 18.2 Å². The number of rotatable bonds is 5. The van der Waals surface area contributed by atoms with Gasteiger partial charge in [-0.15, -0.1) is 0 Å². The van der Waals surface area contributed by atoms with Crippen molar-refractivity contribution in [2.45, 2.75) is 38.1 Å². The summed E-state index contributed by atoms with van der Waals surface area (Å²) in [7, 11) is 0. The van der Waals surface area contributed by atoms with E-state index in [1.807, 2.05) is 6.07 Å². The Labute approximate surface area is 98.8 Å². The van der Waals surface area contributed by atoms with Crippen LogP contribution in [0.25, 0.3) is 0 Å². The molecule has 1 rings (SSSR count). The monoisotopic (exact) mass is 274 g/mol. The Kier molecular flexibility index (Phi) is 5.09. The highest BCUT2D eigenvalue weighted by Crippen LogP contribution is 2.20. The first-order valence-corrected chi connectivity index (χ1v) is 6.33. The van der Waals surface area contributed by atoms with Gasteiger partial charge in [-0.05, 0) is 30.5 Å². The van der Waals surface area contributed by atoms with Crippen molar-refractivity contribution in [3.63, 3.8) is 0 Å². The Morgan fingerprint density at radius 3 is 2.47 bits per heavy atom. The summed E-state index contributed by atoms with van der Waals surface area (Å²) in [5.74, 6) is 0.381. The third-order valence-corrected chi connectivity index (χ3v) is 2.95. The second-order valence-electron chi connectivity index (χ2n) is 3.49. The van der Waals surface area contributed by atoms with Crippen LogP contribution in [-0.4, -0.2) is 6.10 Å². The molecule has 0 N–H and O–H groups in total. The second-order valence-corrected chi connectivity index (χ2v) is 4.05. The molecule has 0 aliphatic heterocycles. The molecule has 0 fully saturated rings. The van der Waals surface area contributed by atoms with Crippen molar-refractivity contribution in [2.75, 3.05) is 0 Å². The van der Waals surface area contributed by atoms with Crippen molar-refractivity contribution in [3.05, 3.63) is 29.6 Å². The van der Waals surface area contributed by atoms with Crippen LogP contribution < -0.4 is 4.74 Å². The lowest BCUT2D eigenvalue weighted by Gasteiger charge is -2.16. The fraction of sp³-hybridized carbons (Fsp3) is 0.500. The van der Waals surface area contributed by atoms with E-state index in [2.05, 4.69) is 29.8 Å². The molecular formula is C12H16BrFO. The number of ether oxygens (including phenoxy) is 1. The van der Waals surface area contributed by atoms with Gasteiger partial charge in [0.2, 0.25) is 0 Å². The topological polar surface area (TPSA) is 9.23 Å². The van der Waals surface area contributed by atoms with E-state index in [0.29, 0.717) is 11.1 Å². The molecule has 0 saturated carbocycles. The zero-order valence-corrected chi connectivity index (χ0v) is 10.7. The fourth-order valence-electron chi connectivity index (χ4n) is 1.41. The average Bonchev–Trinajstić information content (AvgIpc) is 2.25. The van der Waals surface area contributed by atoms with Gasteiger partial charge in [0.15, 0.2) is 0 Å². The largest absolute Gasteiger partial charge is 0.490 e. The van der Waals surface area contributed by atoms with E-state index in [1.165, 1.54) is 12.1 Å². The molecule has 0 unspecified atom stereocenters. The van der Waals surface area contributed by atoms with E-state index in [9.17, 15) is 4.39 Å². The zero-order chi connectivity index (χ0) is 11.3. The van der Waals surface area contributed by atoms with Crippen molar-refractivity contribution in [1.82, 2.24) is 0 Å². The first-order valence-electron chi connectivity index (χ1n) is 5.21. The number of hydrogen-bond donors (Lipinski definition) is 0. The average molecular weight is 275 g/mol. The molecule has 0 atom stereocenters. The third-order valence-electron chi connectivity index (χ3n) is 2.30. The molecule has 15 heavy (non-hydrogen) atoms. The lowest BCUT2D eigenvalue weighted by Crippen LogP contribution is -2.13. The van der Waals surface area contributed by atoms with Gasteiger partial charge in [0.25, 0.3) is 0 Å². The van der Waals surface area contributed by atoms with E-state index in [4.69, 9.17) is 4.74 Å². The maximum atomic E-state index is 13.2. The van der Waals surface area contributed by atoms with Crippen LogP contribution >= 0.6 is 15.9 Å². The van der Waals surface area contributed by atoms with Gasteiger partial charge < -0.3 is 4.74 Å². The molecule has 0 heterocycles. The highest BCUT2D eigenvalue weighted by atomic mass is 79.9. The van der Waals surface area contributed by atoms with Crippen LogP contribution in [0.2, 0.25) is 0 Å². The highest BCUT2D eigenvalue weighted by molar-refractivity contribution is 9.08. The second kappa shape index (κ2) is 6.11. The maximum absolute atomic E-state index is 13.2. The first-order chi connectivity index (χ1) is 7.19. The summed E-state index contributed by atoms with van der Waals surface area (Å²) in [6.45, 7) is 4.14. The van der Waals surface area contributed by atoms with Crippen molar-refractivity contribution in [1.29, 1.82) is 0 Å². The minimum Gasteiger partial charge on any atom is -0.490 e. The van der Waals surface area contributed by atoms with Gasteiger partial charge in [0.05, 0.1) is 6.10 Å². The van der Waals surface area contributed by atoms with Gasteiger partial charge in [-0.1, -0.05) is 29.8 Å². The summed E-state index contributed by atoms with van der Waals surface area (Å²) in [6, 6.07) is 4.81. The van der Waals surface area contributed by atoms with Gasteiger partial charge >= 0.3 is 0 Å². The molecule has 1 aromatic carbocycles. The summed E-state index contributed by atoms with van der Waals surface area (Å²) >= 11 is 3.30. The van der Waals surface area contributed by atoms with Crippen molar-refractivity contribution in [3.8, 4) is 5.75 Å². The van der Waals surface area contributed by atoms with Crippen LogP contribution in [0.3, 0.4) is 0 Å². The molecule has 84 valence electrons. The standard InChI is InChI=1S/C12H16BrFO/c1-3-11(4-2)15-12-6-9(8-13)5-10(14)7-12/h5-7,11H,3-4,8H2,1-2H3. The third kappa shape index (κ3) is 3.82. The normalized spacial score (nSPS) is 10.7. The first kappa shape index (κ1) is 12.5. The van der Waals surface area contributed by atoms with Crippen molar-refractivity contribution in [2.24, 2.45) is 0 Å². The summed E-state index contributed by atoms with van der Waals surface area (Å²) in [5.41, 5.74) is 0.899. The van der Waals surface area contributed by atoms with E-state index in [0.717, 1.165) is 18.4 Å². The Morgan fingerprint density at radius 1 is 1.27 bits per heavy atom. The van der Waals surface area contributed by atoms with E-state index >= 15 is 0 Å². The Balaban J connectivity index is 2.79. The Bertz CT molecular complexity index is 310. The minimum absolute atomic E-state index is 0.176. The zero-order valence-electron chi connectivity index (χ0n) is 9.09. The summed E-state index contributed by atoms with van der Waals surface area (Å²) in [6.07, 6.45) is 2.06. The number of halogens is 2. The van der Waals surface area contributed by atoms with Gasteiger partial charge in [-0.25, -0.2) is 4.39 Å². The fourth-order valence-corrected chi connectivity index (χ4v) is 1.74. The van der Waals surface area contributed by atoms with Gasteiger partial charge in [0.1, 0.15) is 11.6 Å². The predicted octanol–water partition coefficient (Wildman–Crippen LogP) is 4.29. The molecule has 1 nitrogen and oxygen atoms in total. The minimum atomic E-state index is -0.243. The highest BCUT2D eigenvalue weighted by Gasteiger charge is 2.07. The molecule has 0 amide bonds. The van der Waals surface area contributed by atoms with Gasteiger partial charge in [-0.2, -0.15) is 0 Å². The molecule has 0 spiro atoms. The maximum Gasteiger partial charge on any atom is 0.127 e. The quantitative estimate of drug-likeness (QED) is 0.728. The molecule has 0 aliphatic rings. The number of alkyl halides is 1. The SMILES string of the molecule is CCC(CC)Oc1cc(F)cc(CBr)c1.